The Kier molecular flexibility index (Phi) is 2.33. The number of anilines is 2. The molecule has 84 valence electrons. The zero-order valence-corrected chi connectivity index (χ0v) is 9.70. The molecule has 2 nitrogen and oxygen atoms in total. The lowest BCUT2D eigenvalue weighted by molar-refractivity contribution is 1.43. The fourth-order valence-electron chi connectivity index (χ4n) is 2.03. The summed E-state index contributed by atoms with van der Waals surface area (Å²) in [5.74, 6) is 0. The van der Waals surface area contributed by atoms with Crippen LogP contribution in [0.5, 0.6) is 0 Å². The standard InChI is InChI=1S/C15H14N2/c1-11-10-16-15-8-7-13(9-14(11)15)17-12-5-3-2-4-6-12/h2-10,16-17H,1H3. The molecule has 2 heteroatoms. The summed E-state index contributed by atoms with van der Waals surface area (Å²) in [7, 11) is 0. The second-order valence-electron chi connectivity index (χ2n) is 4.22. The highest BCUT2D eigenvalue weighted by Crippen LogP contribution is 2.23. The molecule has 0 bridgehead atoms. The third-order valence-corrected chi connectivity index (χ3v) is 2.95. The lowest BCUT2D eigenvalue weighted by atomic mass is 10.1. The van der Waals surface area contributed by atoms with Crippen molar-refractivity contribution in [1.29, 1.82) is 0 Å². The molecule has 1 heterocycles. The van der Waals surface area contributed by atoms with Gasteiger partial charge in [-0.3, -0.25) is 0 Å². The second kappa shape index (κ2) is 3.98. The van der Waals surface area contributed by atoms with Gasteiger partial charge in [0, 0.05) is 28.5 Å². The number of nitrogens with one attached hydrogen (secondary N) is 2. The van der Waals surface area contributed by atoms with Crippen molar-refractivity contribution < 1.29 is 0 Å². The van der Waals surface area contributed by atoms with Crippen LogP contribution in [0, 0.1) is 6.92 Å². The topological polar surface area (TPSA) is 27.8 Å². The smallest absolute Gasteiger partial charge is 0.0458 e. The van der Waals surface area contributed by atoms with Crippen molar-refractivity contribution in [3.05, 3.63) is 60.3 Å². The van der Waals surface area contributed by atoms with Crippen LogP contribution in [0.1, 0.15) is 5.56 Å². The van der Waals surface area contributed by atoms with Crippen molar-refractivity contribution in [3.8, 4) is 0 Å². The van der Waals surface area contributed by atoms with Gasteiger partial charge in [0.2, 0.25) is 0 Å². The van der Waals surface area contributed by atoms with Crippen LogP contribution in [0.4, 0.5) is 11.4 Å². The average Bonchev–Trinajstić information content (AvgIpc) is 2.73. The molecule has 0 saturated carbocycles. The number of para-hydroxylation sites is 1. The van der Waals surface area contributed by atoms with Gasteiger partial charge in [-0.1, -0.05) is 18.2 Å². The molecule has 2 aromatic carbocycles. The number of rotatable bonds is 2. The first-order valence-electron chi connectivity index (χ1n) is 5.73. The van der Waals surface area contributed by atoms with Crippen LogP contribution in [0.15, 0.2) is 54.7 Å². The fourth-order valence-corrected chi connectivity index (χ4v) is 2.03. The molecule has 0 unspecified atom stereocenters. The van der Waals surface area contributed by atoms with Gasteiger partial charge in [0.05, 0.1) is 0 Å². The van der Waals surface area contributed by atoms with E-state index in [1.54, 1.807) is 0 Å². The first kappa shape index (κ1) is 9.97. The lowest BCUT2D eigenvalue weighted by Gasteiger charge is -2.06. The van der Waals surface area contributed by atoms with Crippen molar-refractivity contribution in [2.24, 2.45) is 0 Å². The van der Waals surface area contributed by atoms with E-state index in [0.717, 1.165) is 11.4 Å². The molecule has 0 aliphatic rings. The van der Waals surface area contributed by atoms with Crippen LogP contribution in [-0.2, 0) is 0 Å². The summed E-state index contributed by atoms with van der Waals surface area (Å²) < 4.78 is 0. The minimum absolute atomic E-state index is 1.11. The van der Waals surface area contributed by atoms with Crippen LogP contribution in [-0.4, -0.2) is 4.98 Å². The Morgan fingerprint density at radius 1 is 0.941 bits per heavy atom. The van der Waals surface area contributed by atoms with E-state index in [4.69, 9.17) is 0 Å². The predicted molar refractivity (Wildman–Crippen MR) is 72.8 cm³/mol. The zero-order chi connectivity index (χ0) is 11.7. The van der Waals surface area contributed by atoms with E-state index < -0.39 is 0 Å². The number of aromatic amines is 1. The quantitative estimate of drug-likeness (QED) is 0.667. The molecule has 0 atom stereocenters. The molecule has 0 spiro atoms. The number of aromatic nitrogens is 1. The molecule has 0 fully saturated rings. The number of hydrogen-bond acceptors (Lipinski definition) is 1. The van der Waals surface area contributed by atoms with Gasteiger partial charge in [-0.15, -0.1) is 0 Å². The molecule has 17 heavy (non-hydrogen) atoms. The van der Waals surface area contributed by atoms with Crippen molar-refractivity contribution in [3.63, 3.8) is 0 Å². The maximum Gasteiger partial charge on any atom is 0.0458 e. The largest absolute Gasteiger partial charge is 0.361 e. The van der Waals surface area contributed by atoms with E-state index in [1.807, 2.05) is 24.4 Å². The number of H-pyrrole nitrogens is 1. The molecular weight excluding hydrogens is 208 g/mol. The van der Waals surface area contributed by atoms with E-state index >= 15 is 0 Å². The van der Waals surface area contributed by atoms with E-state index in [2.05, 4.69) is 47.6 Å². The van der Waals surface area contributed by atoms with Crippen molar-refractivity contribution in [2.75, 3.05) is 5.32 Å². The summed E-state index contributed by atoms with van der Waals surface area (Å²) in [4.78, 5) is 3.25. The monoisotopic (exact) mass is 222 g/mol. The van der Waals surface area contributed by atoms with Gasteiger partial charge in [-0.05, 0) is 42.8 Å². The van der Waals surface area contributed by atoms with Gasteiger partial charge in [0.15, 0.2) is 0 Å². The van der Waals surface area contributed by atoms with Crippen molar-refractivity contribution in [1.82, 2.24) is 4.98 Å². The Balaban J connectivity index is 1.98. The molecule has 3 rings (SSSR count). The van der Waals surface area contributed by atoms with Crippen molar-refractivity contribution >= 4 is 22.3 Å². The number of hydrogen-bond donors (Lipinski definition) is 2. The predicted octanol–water partition coefficient (Wildman–Crippen LogP) is 4.22. The van der Waals surface area contributed by atoms with Crippen LogP contribution < -0.4 is 5.32 Å². The summed E-state index contributed by atoms with van der Waals surface area (Å²) >= 11 is 0. The zero-order valence-electron chi connectivity index (χ0n) is 9.70. The summed E-state index contributed by atoms with van der Waals surface area (Å²) in [6.07, 6.45) is 2.04. The molecule has 2 N–H and O–H groups in total. The molecule has 0 saturated heterocycles. The highest BCUT2D eigenvalue weighted by atomic mass is 14.9. The van der Waals surface area contributed by atoms with Gasteiger partial charge >= 0.3 is 0 Å². The second-order valence-corrected chi connectivity index (χ2v) is 4.22. The van der Waals surface area contributed by atoms with E-state index in [0.29, 0.717) is 0 Å². The van der Waals surface area contributed by atoms with E-state index in [9.17, 15) is 0 Å². The average molecular weight is 222 g/mol. The Morgan fingerprint density at radius 2 is 1.76 bits per heavy atom. The molecule has 0 aliphatic heterocycles. The Bertz CT molecular complexity index is 638. The molecule has 3 aromatic rings. The highest BCUT2D eigenvalue weighted by Gasteiger charge is 2.01. The van der Waals surface area contributed by atoms with Crippen LogP contribution >= 0.6 is 0 Å². The minimum atomic E-state index is 1.11. The third-order valence-electron chi connectivity index (χ3n) is 2.95. The highest BCUT2D eigenvalue weighted by molar-refractivity contribution is 5.87. The SMILES string of the molecule is Cc1c[nH]c2ccc(Nc3ccccc3)cc12. The Labute approximate surface area is 100 Å². The lowest BCUT2D eigenvalue weighted by Crippen LogP contribution is -1.89. The molecule has 0 radical (unpaired) electrons. The van der Waals surface area contributed by atoms with Crippen LogP contribution in [0.25, 0.3) is 10.9 Å². The minimum Gasteiger partial charge on any atom is -0.361 e. The molecule has 1 aromatic heterocycles. The first-order chi connectivity index (χ1) is 8.33. The number of fused-ring (bicyclic) bond motifs is 1. The van der Waals surface area contributed by atoms with Gasteiger partial charge in [0.25, 0.3) is 0 Å². The van der Waals surface area contributed by atoms with Gasteiger partial charge in [-0.25, -0.2) is 0 Å². The molecular formula is C15H14N2. The van der Waals surface area contributed by atoms with E-state index in [-0.39, 0.29) is 0 Å². The first-order valence-corrected chi connectivity index (χ1v) is 5.73. The fraction of sp³-hybridized carbons (Fsp3) is 0.0667. The maximum atomic E-state index is 3.40. The number of benzene rings is 2. The Morgan fingerprint density at radius 3 is 2.59 bits per heavy atom. The normalized spacial score (nSPS) is 10.6. The summed E-state index contributed by atoms with van der Waals surface area (Å²) in [5, 5.41) is 4.67. The maximum absolute atomic E-state index is 3.40. The summed E-state index contributed by atoms with van der Waals surface area (Å²) in [6.45, 7) is 2.12. The summed E-state index contributed by atoms with van der Waals surface area (Å²) in [6, 6.07) is 16.6. The van der Waals surface area contributed by atoms with Gasteiger partial charge < -0.3 is 10.3 Å². The van der Waals surface area contributed by atoms with Gasteiger partial charge in [-0.2, -0.15) is 0 Å². The molecule has 0 aliphatic carbocycles. The van der Waals surface area contributed by atoms with Gasteiger partial charge in [0.1, 0.15) is 0 Å². The van der Waals surface area contributed by atoms with Crippen molar-refractivity contribution in [2.45, 2.75) is 6.92 Å². The van der Waals surface area contributed by atoms with Crippen LogP contribution in [0.3, 0.4) is 0 Å². The Hall–Kier alpha value is -2.22. The van der Waals surface area contributed by atoms with E-state index in [1.165, 1.54) is 16.5 Å². The third kappa shape index (κ3) is 1.89. The van der Waals surface area contributed by atoms with Crippen LogP contribution in [0.2, 0.25) is 0 Å². The number of aryl methyl sites for hydroxylation is 1. The molecule has 0 amide bonds. The summed E-state index contributed by atoms with van der Waals surface area (Å²) in [5.41, 5.74) is 4.68.